The normalized spacial score (nSPS) is 12.3. The molecule has 1 aliphatic carbocycles. The Bertz CT molecular complexity index is 858. The number of nitrogens with zero attached hydrogens (tertiary/aromatic N) is 1. The van der Waals surface area contributed by atoms with E-state index in [9.17, 15) is 0 Å². The predicted octanol–water partition coefficient (Wildman–Crippen LogP) is 6.57. The van der Waals surface area contributed by atoms with E-state index in [-0.39, 0.29) is 0 Å². The van der Waals surface area contributed by atoms with Crippen molar-refractivity contribution in [2.75, 3.05) is 25.0 Å². The van der Waals surface area contributed by atoms with Crippen LogP contribution in [0.15, 0.2) is 84.5 Å². The minimum absolute atomic E-state index is 0.932. The van der Waals surface area contributed by atoms with E-state index in [0.29, 0.717) is 0 Å². The highest BCUT2D eigenvalue weighted by atomic mass is 15.0. The van der Waals surface area contributed by atoms with E-state index >= 15 is 0 Å². The summed E-state index contributed by atoms with van der Waals surface area (Å²) in [6, 6.07) is 19.4. The predicted molar refractivity (Wildman–Crippen MR) is 129 cm³/mol. The Morgan fingerprint density at radius 2 is 1.28 bits per heavy atom. The van der Waals surface area contributed by atoms with Gasteiger partial charge in [-0.1, -0.05) is 56.3 Å². The minimum atomic E-state index is 0.932. The van der Waals surface area contributed by atoms with Crippen LogP contribution in [0.1, 0.15) is 45.7 Å². The molecule has 0 bridgehead atoms. The fourth-order valence-corrected chi connectivity index (χ4v) is 3.49. The highest BCUT2D eigenvalue weighted by Crippen LogP contribution is 2.30. The number of nitrogens with one attached hydrogen (secondary N) is 1. The van der Waals surface area contributed by atoms with Crippen LogP contribution in [0.2, 0.25) is 0 Å². The summed E-state index contributed by atoms with van der Waals surface area (Å²) in [6.45, 7) is 13.5. The molecule has 2 aromatic rings. The summed E-state index contributed by atoms with van der Waals surface area (Å²) >= 11 is 0. The highest BCUT2D eigenvalue weighted by molar-refractivity contribution is 6.04. The van der Waals surface area contributed by atoms with Crippen molar-refractivity contribution in [2.45, 2.75) is 34.6 Å². The summed E-state index contributed by atoms with van der Waals surface area (Å²) in [5.41, 5.74) is 7.42. The van der Waals surface area contributed by atoms with Crippen molar-refractivity contribution >= 4 is 17.0 Å². The summed E-state index contributed by atoms with van der Waals surface area (Å²) in [5, 5.41) is 3.37. The molecule has 1 N–H and O–H groups in total. The highest BCUT2D eigenvalue weighted by Gasteiger charge is 2.14. The van der Waals surface area contributed by atoms with E-state index in [4.69, 9.17) is 0 Å². The molecule has 0 unspecified atom stereocenters. The van der Waals surface area contributed by atoms with Crippen LogP contribution >= 0.6 is 0 Å². The second kappa shape index (κ2) is 11.9. The molecule has 0 fully saturated rings. The van der Waals surface area contributed by atoms with E-state index in [1.165, 1.54) is 28.0 Å². The van der Waals surface area contributed by atoms with Gasteiger partial charge in [-0.05, 0) is 67.3 Å². The average molecular weight is 388 g/mol. The lowest BCUT2D eigenvalue weighted by molar-refractivity contribution is -0.519. The van der Waals surface area contributed by atoms with Gasteiger partial charge < -0.3 is 5.32 Å². The summed E-state index contributed by atoms with van der Waals surface area (Å²) in [5.74, 6) is 0. The van der Waals surface area contributed by atoms with Gasteiger partial charge in [0.05, 0.1) is 0 Å². The first-order chi connectivity index (χ1) is 14.3. The molecule has 0 radical (unpaired) electrons. The molecule has 29 heavy (non-hydrogen) atoms. The molecule has 0 heterocycles. The van der Waals surface area contributed by atoms with E-state index < -0.39 is 0 Å². The maximum Gasteiger partial charge on any atom is 0.199 e. The van der Waals surface area contributed by atoms with Crippen molar-refractivity contribution in [3.63, 3.8) is 0 Å². The van der Waals surface area contributed by atoms with Crippen LogP contribution in [-0.2, 0) is 0 Å². The molecule has 0 atom stereocenters. The Balaban J connectivity index is 0.00000145. The quantitative estimate of drug-likeness (QED) is 0.554. The Morgan fingerprint density at radius 1 is 0.724 bits per heavy atom. The van der Waals surface area contributed by atoms with Crippen LogP contribution in [0.25, 0.3) is 5.57 Å². The summed E-state index contributed by atoms with van der Waals surface area (Å²) in [6.07, 6.45) is 8.96. The van der Waals surface area contributed by atoms with E-state index in [0.717, 1.165) is 25.3 Å². The molecule has 0 saturated heterocycles. The van der Waals surface area contributed by atoms with Crippen molar-refractivity contribution in [3.05, 3.63) is 95.6 Å². The topological polar surface area (TPSA) is 15.0 Å². The fourth-order valence-electron chi connectivity index (χ4n) is 3.49. The third-order valence-corrected chi connectivity index (χ3v) is 4.90. The molecule has 0 amide bonds. The lowest BCUT2D eigenvalue weighted by Crippen LogP contribution is -2.19. The van der Waals surface area contributed by atoms with Crippen molar-refractivity contribution in [1.29, 1.82) is 0 Å². The zero-order valence-electron chi connectivity index (χ0n) is 18.6. The molecule has 2 heteroatoms. The van der Waals surface area contributed by atoms with Gasteiger partial charge in [-0.15, -0.1) is 0 Å². The zero-order valence-corrected chi connectivity index (χ0v) is 18.6. The smallest absolute Gasteiger partial charge is 0.199 e. The molecule has 152 valence electrons. The Morgan fingerprint density at radius 3 is 1.79 bits per heavy atom. The maximum absolute atomic E-state index is 3.37. The first kappa shape index (κ1) is 22.4. The molecule has 0 aliphatic heterocycles. The standard InChI is InChI=1S/C25H28N2.C2H6/c1-4-26-23-16-12-21(13-17-23)25(20-10-8-7-9-11-20)22-14-18-24(19-15-22)27(5-2)6-3;1-2/h7-19H,4-6H2,1-3H3;1-2H3/p+1. The average Bonchev–Trinajstić information content (AvgIpc) is 2.79. The molecule has 0 aromatic heterocycles. The lowest BCUT2D eigenvalue weighted by atomic mass is 9.90. The summed E-state index contributed by atoms with van der Waals surface area (Å²) in [4.78, 5) is 0. The largest absolute Gasteiger partial charge is 0.385 e. The second-order valence-corrected chi connectivity index (χ2v) is 6.57. The Hall–Kier alpha value is -2.87. The molecular formula is C27H35N2+. The van der Waals surface area contributed by atoms with Gasteiger partial charge in [0.2, 0.25) is 0 Å². The van der Waals surface area contributed by atoms with Crippen LogP contribution in [-0.4, -0.2) is 29.9 Å². The zero-order chi connectivity index (χ0) is 21.1. The molecular weight excluding hydrogens is 352 g/mol. The first-order valence-corrected chi connectivity index (χ1v) is 10.9. The minimum Gasteiger partial charge on any atom is -0.385 e. The van der Waals surface area contributed by atoms with Gasteiger partial charge in [-0.25, -0.2) is 4.58 Å². The SMILES string of the molecule is CC.CCNc1ccc(C(=C2C=CC(=[N+](CC)CC)C=C2)c2ccccc2)cc1. The fraction of sp³-hybridized carbons (Fsp3) is 0.296. The van der Waals surface area contributed by atoms with Gasteiger partial charge in [0.15, 0.2) is 5.71 Å². The second-order valence-electron chi connectivity index (χ2n) is 6.57. The molecule has 3 rings (SSSR count). The summed E-state index contributed by atoms with van der Waals surface area (Å²) < 4.78 is 2.37. The molecule has 0 spiro atoms. The van der Waals surface area contributed by atoms with Crippen molar-refractivity contribution in [3.8, 4) is 0 Å². The Labute approximate surface area is 177 Å². The number of hydrogen-bond donors (Lipinski definition) is 1. The first-order valence-electron chi connectivity index (χ1n) is 10.9. The van der Waals surface area contributed by atoms with Gasteiger partial charge in [-0.2, -0.15) is 0 Å². The monoisotopic (exact) mass is 387 g/mol. The van der Waals surface area contributed by atoms with Crippen molar-refractivity contribution in [2.24, 2.45) is 0 Å². The van der Waals surface area contributed by atoms with Gasteiger partial charge in [0.25, 0.3) is 0 Å². The molecule has 1 aliphatic rings. The number of benzene rings is 2. The molecule has 0 saturated carbocycles. The number of rotatable bonds is 6. The van der Waals surface area contributed by atoms with Gasteiger partial charge >= 0.3 is 0 Å². The van der Waals surface area contributed by atoms with Crippen LogP contribution in [0, 0.1) is 0 Å². The third-order valence-electron chi connectivity index (χ3n) is 4.90. The molecule has 2 nitrogen and oxygen atoms in total. The van der Waals surface area contributed by atoms with Crippen LogP contribution in [0.3, 0.4) is 0 Å². The van der Waals surface area contributed by atoms with Crippen LogP contribution in [0.5, 0.6) is 0 Å². The van der Waals surface area contributed by atoms with Crippen LogP contribution in [0.4, 0.5) is 5.69 Å². The van der Waals surface area contributed by atoms with Gasteiger partial charge in [0.1, 0.15) is 13.1 Å². The van der Waals surface area contributed by atoms with Gasteiger partial charge in [0, 0.05) is 24.4 Å². The van der Waals surface area contributed by atoms with Crippen molar-refractivity contribution < 1.29 is 4.58 Å². The van der Waals surface area contributed by atoms with E-state index in [1.807, 2.05) is 13.8 Å². The van der Waals surface area contributed by atoms with Crippen molar-refractivity contribution in [1.82, 2.24) is 0 Å². The van der Waals surface area contributed by atoms with E-state index in [2.05, 4.69) is 110 Å². The number of hydrogen-bond acceptors (Lipinski definition) is 1. The van der Waals surface area contributed by atoms with Crippen LogP contribution < -0.4 is 5.32 Å². The molecule has 2 aromatic carbocycles. The number of anilines is 1. The Kier molecular flexibility index (Phi) is 9.17. The third kappa shape index (κ3) is 5.80. The lowest BCUT2D eigenvalue weighted by Gasteiger charge is -2.14. The van der Waals surface area contributed by atoms with Gasteiger partial charge in [-0.3, -0.25) is 0 Å². The summed E-state index contributed by atoms with van der Waals surface area (Å²) in [7, 11) is 0. The number of allylic oxidation sites excluding steroid dienone is 5. The van der Waals surface area contributed by atoms with E-state index in [1.54, 1.807) is 0 Å². The maximum atomic E-state index is 3.37.